The van der Waals surface area contributed by atoms with E-state index in [0.717, 1.165) is 30.3 Å². The number of rotatable bonds is 3. The fourth-order valence-electron chi connectivity index (χ4n) is 2.21. The van der Waals surface area contributed by atoms with Crippen LogP contribution in [0.25, 0.3) is 0 Å². The normalized spacial score (nSPS) is 18.6. The number of nitrogens with zero attached hydrogens (tertiary/aromatic N) is 3. The van der Waals surface area contributed by atoms with E-state index in [2.05, 4.69) is 22.1 Å². The third-order valence-corrected chi connectivity index (χ3v) is 4.99. The number of anilines is 1. The van der Waals surface area contributed by atoms with Crippen molar-refractivity contribution in [2.75, 3.05) is 38.6 Å². The van der Waals surface area contributed by atoms with Crippen LogP contribution >= 0.6 is 11.3 Å². The van der Waals surface area contributed by atoms with Crippen molar-refractivity contribution in [3.63, 3.8) is 0 Å². The highest BCUT2D eigenvalue weighted by Crippen LogP contribution is 2.31. The molecule has 2 heterocycles. The van der Waals surface area contributed by atoms with E-state index in [0.29, 0.717) is 12.6 Å². The first-order valence-corrected chi connectivity index (χ1v) is 7.48. The summed E-state index contributed by atoms with van der Waals surface area (Å²) in [6, 6.07) is 0.302. The second-order valence-electron chi connectivity index (χ2n) is 5.05. The maximum atomic E-state index is 11.9. The van der Waals surface area contributed by atoms with Crippen LogP contribution in [0.2, 0.25) is 0 Å². The zero-order valence-corrected chi connectivity index (χ0v) is 12.9. The average Bonchev–Trinajstić information content (AvgIpc) is 2.69. The summed E-state index contributed by atoms with van der Waals surface area (Å²) in [7, 11) is 3.82. The highest BCUT2D eigenvalue weighted by Gasteiger charge is 2.23. The van der Waals surface area contributed by atoms with E-state index in [1.54, 1.807) is 16.2 Å². The fourth-order valence-corrected chi connectivity index (χ4v) is 3.36. The summed E-state index contributed by atoms with van der Waals surface area (Å²) in [6.07, 6.45) is 0.998. The number of likely N-dealkylation sites (N-methyl/N-ethyl adjacent to an activating group) is 1. The Morgan fingerprint density at radius 1 is 1.42 bits per heavy atom. The van der Waals surface area contributed by atoms with Crippen LogP contribution in [0.3, 0.4) is 0 Å². The van der Waals surface area contributed by atoms with Crippen molar-refractivity contribution in [1.82, 2.24) is 15.2 Å². The Labute approximate surface area is 118 Å². The van der Waals surface area contributed by atoms with E-state index < -0.39 is 0 Å². The molecule has 0 aromatic carbocycles. The highest BCUT2D eigenvalue weighted by molar-refractivity contribution is 7.15. The molecule has 1 unspecified atom stereocenters. The van der Waals surface area contributed by atoms with Gasteiger partial charge in [0.05, 0.1) is 12.2 Å². The van der Waals surface area contributed by atoms with Crippen LogP contribution in [0.15, 0.2) is 0 Å². The maximum absolute atomic E-state index is 11.9. The SMILES string of the molecule is CNC(C)c1sc(N2CCCN(C)C(=O)C2)nc1C. The summed E-state index contributed by atoms with van der Waals surface area (Å²) in [4.78, 5) is 21.7. The molecular weight excluding hydrogens is 260 g/mol. The smallest absolute Gasteiger partial charge is 0.241 e. The van der Waals surface area contributed by atoms with Crippen LogP contribution < -0.4 is 10.2 Å². The molecule has 1 fully saturated rings. The standard InChI is InChI=1S/C13H22N4OS/c1-9(14-3)12-10(2)15-13(19-12)17-7-5-6-16(4)11(18)8-17/h9,14H,5-8H2,1-4H3. The van der Waals surface area contributed by atoms with Gasteiger partial charge in [0.15, 0.2) is 5.13 Å². The van der Waals surface area contributed by atoms with Crippen molar-refractivity contribution in [3.05, 3.63) is 10.6 Å². The van der Waals surface area contributed by atoms with Gasteiger partial charge in [0, 0.05) is 31.1 Å². The minimum Gasteiger partial charge on any atom is -0.344 e. The number of thiazole rings is 1. The lowest BCUT2D eigenvalue weighted by Crippen LogP contribution is -2.34. The molecule has 0 aliphatic carbocycles. The van der Waals surface area contributed by atoms with Gasteiger partial charge in [0.25, 0.3) is 0 Å². The minimum absolute atomic E-state index is 0.175. The number of carbonyl (C=O) groups excluding carboxylic acids is 1. The first-order chi connectivity index (χ1) is 9.02. The van der Waals surface area contributed by atoms with Gasteiger partial charge in [0.2, 0.25) is 5.91 Å². The molecule has 6 heteroatoms. The zero-order chi connectivity index (χ0) is 14.0. The monoisotopic (exact) mass is 282 g/mol. The van der Waals surface area contributed by atoms with E-state index in [-0.39, 0.29) is 5.91 Å². The Morgan fingerprint density at radius 2 is 2.16 bits per heavy atom. The molecular formula is C13H22N4OS. The Bertz CT molecular complexity index is 459. The molecule has 1 aromatic heterocycles. The molecule has 1 aliphatic rings. The molecule has 1 aromatic rings. The van der Waals surface area contributed by atoms with E-state index in [1.807, 2.05) is 21.0 Å². The molecule has 1 saturated heterocycles. The van der Waals surface area contributed by atoms with Crippen LogP contribution in [-0.2, 0) is 4.79 Å². The molecule has 1 atom stereocenters. The van der Waals surface area contributed by atoms with Crippen molar-refractivity contribution in [3.8, 4) is 0 Å². The lowest BCUT2D eigenvalue weighted by molar-refractivity contribution is -0.127. The van der Waals surface area contributed by atoms with Crippen LogP contribution in [0.5, 0.6) is 0 Å². The Morgan fingerprint density at radius 3 is 2.84 bits per heavy atom. The number of aryl methyl sites for hydroxylation is 1. The Hall–Kier alpha value is -1.14. The van der Waals surface area contributed by atoms with Crippen molar-refractivity contribution in [1.29, 1.82) is 0 Å². The fraction of sp³-hybridized carbons (Fsp3) is 0.692. The Kier molecular flexibility index (Phi) is 4.42. The van der Waals surface area contributed by atoms with Crippen molar-refractivity contribution < 1.29 is 4.79 Å². The maximum Gasteiger partial charge on any atom is 0.241 e. The number of hydrogen-bond donors (Lipinski definition) is 1. The van der Waals surface area contributed by atoms with E-state index in [4.69, 9.17) is 0 Å². The predicted octanol–water partition coefficient (Wildman–Crippen LogP) is 1.40. The minimum atomic E-state index is 0.175. The second-order valence-corrected chi connectivity index (χ2v) is 6.06. The van der Waals surface area contributed by atoms with Crippen molar-refractivity contribution >= 4 is 22.4 Å². The first-order valence-electron chi connectivity index (χ1n) is 6.66. The summed E-state index contributed by atoms with van der Waals surface area (Å²) in [5.74, 6) is 0.175. The van der Waals surface area contributed by atoms with Gasteiger partial charge < -0.3 is 15.1 Å². The lowest BCUT2D eigenvalue weighted by atomic mass is 10.2. The Balaban J connectivity index is 2.19. The van der Waals surface area contributed by atoms with Crippen molar-refractivity contribution in [2.45, 2.75) is 26.3 Å². The summed E-state index contributed by atoms with van der Waals surface area (Å²) < 4.78 is 0. The van der Waals surface area contributed by atoms with Gasteiger partial charge in [-0.15, -0.1) is 0 Å². The lowest BCUT2D eigenvalue weighted by Gasteiger charge is -2.18. The predicted molar refractivity (Wildman–Crippen MR) is 78.8 cm³/mol. The van der Waals surface area contributed by atoms with E-state index >= 15 is 0 Å². The third kappa shape index (κ3) is 3.06. The van der Waals surface area contributed by atoms with Gasteiger partial charge in [-0.1, -0.05) is 11.3 Å². The number of carbonyl (C=O) groups is 1. The van der Waals surface area contributed by atoms with Crippen LogP contribution in [0.1, 0.15) is 30.0 Å². The van der Waals surface area contributed by atoms with Gasteiger partial charge in [-0.25, -0.2) is 4.98 Å². The quantitative estimate of drug-likeness (QED) is 0.910. The summed E-state index contributed by atoms with van der Waals surface area (Å²) in [5, 5.41) is 4.21. The molecule has 19 heavy (non-hydrogen) atoms. The van der Waals surface area contributed by atoms with E-state index in [1.165, 1.54) is 4.88 Å². The molecule has 1 aliphatic heterocycles. The molecule has 5 nitrogen and oxygen atoms in total. The van der Waals surface area contributed by atoms with Crippen molar-refractivity contribution in [2.24, 2.45) is 0 Å². The second kappa shape index (κ2) is 5.88. The molecule has 0 saturated carbocycles. The molecule has 106 valence electrons. The summed E-state index contributed by atoms with van der Waals surface area (Å²) in [6.45, 7) is 6.34. The molecule has 0 bridgehead atoms. The molecule has 2 rings (SSSR count). The number of nitrogens with one attached hydrogen (secondary N) is 1. The van der Waals surface area contributed by atoms with Gasteiger partial charge in [0.1, 0.15) is 0 Å². The summed E-state index contributed by atoms with van der Waals surface area (Å²) in [5.41, 5.74) is 1.06. The summed E-state index contributed by atoms with van der Waals surface area (Å²) >= 11 is 1.69. The van der Waals surface area contributed by atoms with Gasteiger partial charge in [-0.2, -0.15) is 0 Å². The topological polar surface area (TPSA) is 48.5 Å². The molecule has 1 amide bonds. The van der Waals surface area contributed by atoms with Crippen LogP contribution in [0, 0.1) is 6.92 Å². The van der Waals surface area contributed by atoms with Gasteiger partial charge in [-0.3, -0.25) is 4.79 Å². The highest BCUT2D eigenvalue weighted by atomic mass is 32.1. The largest absolute Gasteiger partial charge is 0.344 e. The van der Waals surface area contributed by atoms with E-state index in [9.17, 15) is 4.79 Å². The van der Waals surface area contributed by atoms with Gasteiger partial charge >= 0.3 is 0 Å². The first kappa shape index (κ1) is 14.3. The third-order valence-electron chi connectivity index (χ3n) is 3.59. The number of hydrogen-bond acceptors (Lipinski definition) is 5. The molecule has 0 radical (unpaired) electrons. The van der Waals surface area contributed by atoms with Crippen LogP contribution in [-0.4, -0.2) is 49.5 Å². The number of amides is 1. The van der Waals surface area contributed by atoms with Crippen LogP contribution in [0.4, 0.5) is 5.13 Å². The molecule has 1 N–H and O–H groups in total. The zero-order valence-electron chi connectivity index (χ0n) is 12.1. The van der Waals surface area contributed by atoms with Gasteiger partial charge in [-0.05, 0) is 27.3 Å². The molecule has 0 spiro atoms. The number of aromatic nitrogens is 1. The average molecular weight is 282 g/mol.